The summed E-state index contributed by atoms with van der Waals surface area (Å²) in [5.41, 5.74) is 5.17. The van der Waals surface area contributed by atoms with Crippen LogP contribution in [0.3, 0.4) is 0 Å². The lowest BCUT2D eigenvalue weighted by molar-refractivity contribution is 0.0910. The van der Waals surface area contributed by atoms with Gasteiger partial charge in [0.25, 0.3) is 5.91 Å². The quantitative estimate of drug-likeness (QED) is 0.854. The van der Waals surface area contributed by atoms with Crippen LogP contribution in [0.2, 0.25) is 5.02 Å². The van der Waals surface area contributed by atoms with Gasteiger partial charge in [-0.25, -0.2) is 9.97 Å². The Morgan fingerprint density at radius 3 is 2.75 bits per heavy atom. The van der Waals surface area contributed by atoms with Gasteiger partial charge >= 0.3 is 0 Å². The molecule has 1 amide bonds. The van der Waals surface area contributed by atoms with Gasteiger partial charge in [-0.2, -0.15) is 0 Å². The van der Waals surface area contributed by atoms with Crippen LogP contribution in [0.15, 0.2) is 12.5 Å². The zero-order valence-electron chi connectivity index (χ0n) is 9.03. The number of rotatable bonds is 3. The van der Waals surface area contributed by atoms with Gasteiger partial charge in [0, 0.05) is 18.3 Å². The summed E-state index contributed by atoms with van der Waals surface area (Å²) < 4.78 is 0. The van der Waals surface area contributed by atoms with Crippen LogP contribution in [0.5, 0.6) is 0 Å². The summed E-state index contributed by atoms with van der Waals surface area (Å²) in [6.45, 7) is 3.97. The van der Waals surface area contributed by atoms with E-state index in [4.69, 9.17) is 17.3 Å². The van der Waals surface area contributed by atoms with Crippen molar-refractivity contribution >= 4 is 29.9 Å². The standard InChI is InChI=1S/C9H13ClN4O.ClH/c1-9(2,4-11)14-8(15)7-6(10)3-12-5-13-7;/h3,5H,4,11H2,1-2H3,(H,14,15);1H. The van der Waals surface area contributed by atoms with Gasteiger partial charge in [-0.1, -0.05) is 11.6 Å². The summed E-state index contributed by atoms with van der Waals surface area (Å²) in [4.78, 5) is 19.2. The average molecular weight is 265 g/mol. The normalized spacial score (nSPS) is 10.5. The number of hydrogen-bond acceptors (Lipinski definition) is 4. The molecule has 0 aliphatic carbocycles. The minimum absolute atomic E-state index is 0. The Kier molecular flexibility index (Phi) is 5.64. The van der Waals surface area contributed by atoms with Crippen LogP contribution >= 0.6 is 24.0 Å². The molecule has 0 unspecified atom stereocenters. The van der Waals surface area contributed by atoms with Gasteiger partial charge in [0.2, 0.25) is 0 Å². The molecule has 3 N–H and O–H groups in total. The Labute approximate surface area is 105 Å². The number of amides is 1. The van der Waals surface area contributed by atoms with Crippen LogP contribution in [-0.4, -0.2) is 28.0 Å². The summed E-state index contributed by atoms with van der Waals surface area (Å²) in [7, 11) is 0. The van der Waals surface area contributed by atoms with Crippen molar-refractivity contribution in [3.63, 3.8) is 0 Å². The Balaban J connectivity index is 0.00000225. The summed E-state index contributed by atoms with van der Waals surface area (Å²) >= 11 is 5.77. The van der Waals surface area contributed by atoms with E-state index in [0.29, 0.717) is 6.54 Å². The second-order valence-corrected chi connectivity index (χ2v) is 4.17. The molecule has 5 nitrogen and oxygen atoms in total. The van der Waals surface area contributed by atoms with Crippen molar-refractivity contribution in [2.75, 3.05) is 6.54 Å². The molecule has 0 saturated heterocycles. The van der Waals surface area contributed by atoms with Gasteiger partial charge in [-0.3, -0.25) is 4.79 Å². The fourth-order valence-corrected chi connectivity index (χ4v) is 1.09. The number of nitrogens with zero attached hydrogens (tertiary/aromatic N) is 2. The predicted molar refractivity (Wildman–Crippen MR) is 64.9 cm³/mol. The highest BCUT2D eigenvalue weighted by Crippen LogP contribution is 2.11. The molecule has 1 aromatic rings. The zero-order valence-corrected chi connectivity index (χ0v) is 10.6. The van der Waals surface area contributed by atoms with Gasteiger partial charge in [0.1, 0.15) is 12.0 Å². The molecular weight excluding hydrogens is 251 g/mol. The van der Waals surface area contributed by atoms with Gasteiger partial charge < -0.3 is 11.1 Å². The summed E-state index contributed by atoms with van der Waals surface area (Å²) in [6, 6.07) is 0. The predicted octanol–water partition coefficient (Wildman–Crippen LogP) is 1.02. The molecule has 16 heavy (non-hydrogen) atoms. The third kappa shape index (κ3) is 3.92. The minimum atomic E-state index is -0.481. The summed E-state index contributed by atoms with van der Waals surface area (Å²) in [5.74, 6) is -0.349. The number of hydrogen-bond donors (Lipinski definition) is 2. The first-order chi connectivity index (χ1) is 6.96. The van der Waals surface area contributed by atoms with Crippen LogP contribution in [0.4, 0.5) is 0 Å². The lowest BCUT2D eigenvalue weighted by atomic mass is 10.1. The Morgan fingerprint density at radius 2 is 2.25 bits per heavy atom. The lowest BCUT2D eigenvalue weighted by Crippen LogP contribution is -2.49. The second-order valence-electron chi connectivity index (χ2n) is 3.76. The molecule has 0 saturated carbocycles. The molecule has 90 valence electrons. The molecule has 1 rings (SSSR count). The van der Waals surface area contributed by atoms with E-state index in [1.807, 2.05) is 13.8 Å². The van der Waals surface area contributed by atoms with E-state index < -0.39 is 5.54 Å². The number of carbonyl (C=O) groups is 1. The Morgan fingerprint density at radius 1 is 1.62 bits per heavy atom. The van der Waals surface area contributed by atoms with E-state index in [1.54, 1.807) is 0 Å². The molecule has 1 aromatic heterocycles. The second kappa shape index (κ2) is 5.98. The van der Waals surface area contributed by atoms with Crippen molar-refractivity contribution in [3.8, 4) is 0 Å². The third-order valence-electron chi connectivity index (χ3n) is 1.84. The highest BCUT2D eigenvalue weighted by molar-refractivity contribution is 6.33. The maximum Gasteiger partial charge on any atom is 0.272 e. The Bertz CT molecular complexity index is 370. The number of carbonyl (C=O) groups excluding carboxylic acids is 1. The minimum Gasteiger partial charge on any atom is -0.345 e. The molecule has 0 radical (unpaired) electrons. The molecule has 0 aliphatic rings. The molecule has 0 fully saturated rings. The molecule has 1 heterocycles. The monoisotopic (exact) mass is 264 g/mol. The maximum atomic E-state index is 11.7. The Hall–Kier alpha value is -0.910. The first-order valence-corrected chi connectivity index (χ1v) is 4.82. The van der Waals surface area contributed by atoms with Crippen molar-refractivity contribution in [1.82, 2.24) is 15.3 Å². The summed E-state index contributed by atoms with van der Waals surface area (Å²) in [5, 5.41) is 2.95. The molecule has 0 aromatic carbocycles. The van der Waals surface area contributed by atoms with Crippen molar-refractivity contribution in [3.05, 3.63) is 23.2 Å². The number of halogens is 2. The smallest absolute Gasteiger partial charge is 0.272 e. The van der Waals surface area contributed by atoms with E-state index >= 15 is 0 Å². The number of nitrogens with two attached hydrogens (primary N) is 1. The molecule has 7 heteroatoms. The SMILES string of the molecule is CC(C)(CN)NC(=O)c1ncncc1Cl.Cl. The van der Waals surface area contributed by atoms with E-state index in [-0.39, 0.29) is 29.0 Å². The van der Waals surface area contributed by atoms with Crippen LogP contribution < -0.4 is 11.1 Å². The molecule has 0 bridgehead atoms. The van der Waals surface area contributed by atoms with E-state index in [2.05, 4.69) is 15.3 Å². The van der Waals surface area contributed by atoms with E-state index in [9.17, 15) is 4.79 Å². The topological polar surface area (TPSA) is 80.9 Å². The highest BCUT2D eigenvalue weighted by Gasteiger charge is 2.21. The van der Waals surface area contributed by atoms with Crippen molar-refractivity contribution < 1.29 is 4.79 Å². The first kappa shape index (κ1) is 15.1. The van der Waals surface area contributed by atoms with Gasteiger partial charge in [0.15, 0.2) is 0 Å². The van der Waals surface area contributed by atoms with E-state index in [1.165, 1.54) is 12.5 Å². The van der Waals surface area contributed by atoms with Crippen molar-refractivity contribution in [2.24, 2.45) is 5.73 Å². The number of nitrogens with one attached hydrogen (secondary N) is 1. The van der Waals surface area contributed by atoms with Crippen LogP contribution in [0, 0.1) is 0 Å². The van der Waals surface area contributed by atoms with Crippen LogP contribution in [0.25, 0.3) is 0 Å². The van der Waals surface area contributed by atoms with Crippen LogP contribution in [0.1, 0.15) is 24.3 Å². The molecule has 0 atom stereocenters. The van der Waals surface area contributed by atoms with Crippen LogP contribution in [-0.2, 0) is 0 Å². The lowest BCUT2D eigenvalue weighted by Gasteiger charge is -2.23. The first-order valence-electron chi connectivity index (χ1n) is 4.44. The fourth-order valence-electron chi connectivity index (χ4n) is 0.897. The molecular formula is C9H14Cl2N4O. The van der Waals surface area contributed by atoms with Gasteiger partial charge in [-0.05, 0) is 13.8 Å². The van der Waals surface area contributed by atoms with Gasteiger partial charge in [0.05, 0.1) is 5.02 Å². The largest absolute Gasteiger partial charge is 0.345 e. The van der Waals surface area contributed by atoms with E-state index in [0.717, 1.165) is 0 Å². The van der Waals surface area contributed by atoms with Crippen molar-refractivity contribution in [1.29, 1.82) is 0 Å². The highest BCUT2D eigenvalue weighted by atomic mass is 35.5. The molecule has 0 spiro atoms. The van der Waals surface area contributed by atoms with Gasteiger partial charge in [-0.15, -0.1) is 12.4 Å². The third-order valence-corrected chi connectivity index (χ3v) is 2.12. The van der Waals surface area contributed by atoms with Crippen molar-refractivity contribution in [2.45, 2.75) is 19.4 Å². The number of aromatic nitrogens is 2. The zero-order chi connectivity index (χ0) is 11.5. The maximum absolute atomic E-state index is 11.7. The average Bonchev–Trinajstić information content (AvgIpc) is 2.17. The molecule has 0 aliphatic heterocycles. The fraction of sp³-hybridized carbons (Fsp3) is 0.444. The summed E-state index contributed by atoms with van der Waals surface area (Å²) in [6.07, 6.45) is 2.65.